The van der Waals surface area contributed by atoms with Crippen molar-refractivity contribution < 1.29 is 10.0 Å². The molecule has 0 spiro atoms. The van der Waals surface area contributed by atoms with Crippen molar-refractivity contribution in [1.29, 1.82) is 0 Å². The predicted octanol–water partition coefficient (Wildman–Crippen LogP) is 0.107. The zero-order valence-corrected chi connectivity index (χ0v) is 5.88. The molecule has 2 N–H and O–H groups in total. The van der Waals surface area contributed by atoms with Crippen LogP contribution in [0, 0.1) is 0 Å². The van der Waals surface area contributed by atoms with Crippen molar-refractivity contribution in [3.8, 4) is 0 Å². The highest BCUT2D eigenvalue weighted by Crippen LogP contribution is 1.98. The fraction of sp³-hybridized carbons (Fsp3) is 0. The van der Waals surface area contributed by atoms with Crippen LogP contribution in [0.1, 0.15) is 5.56 Å². The second-order valence-electron chi connectivity index (χ2n) is 2.05. The van der Waals surface area contributed by atoms with Gasteiger partial charge in [0, 0.05) is 12.4 Å². The van der Waals surface area contributed by atoms with Gasteiger partial charge in [0.05, 0.1) is 0 Å². The predicted molar refractivity (Wildman–Crippen MR) is 43.5 cm³/mol. The van der Waals surface area contributed by atoms with E-state index < -0.39 is 7.12 Å². The Labute approximate surface area is 65.2 Å². The summed E-state index contributed by atoms with van der Waals surface area (Å²) in [5.74, 6) is 1.29. The normalized spacial score (nSPS) is 10.4. The van der Waals surface area contributed by atoms with Gasteiger partial charge in [-0.3, -0.25) is 4.98 Å². The summed E-state index contributed by atoms with van der Waals surface area (Å²) in [6.07, 6.45) is 4.90. The van der Waals surface area contributed by atoms with Crippen LogP contribution in [0.5, 0.6) is 0 Å². The van der Waals surface area contributed by atoms with E-state index >= 15 is 0 Å². The van der Waals surface area contributed by atoms with Gasteiger partial charge in [-0.25, -0.2) is 0 Å². The Kier molecular flexibility index (Phi) is 2.83. The molecule has 1 rings (SSSR count). The summed E-state index contributed by atoms with van der Waals surface area (Å²) in [7, 11) is -1.39. The summed E-state index contributed by atoms with van der Waals surface area (Å²) in [6.45, 7) is 0. The van der Waals surface area contributed by atoms with E-state index in [0.717, 1.165) is 5.56 Å². The Morgan fingerprint density at radius 2 is 1.91 bits per heavy atom. The van der Waals surface area contributed by atoms with Gasteiger partial charge in [-0.05, 0) is 17.7 Å². The molecule has 1 heterocycles. The number of hydrogen-bond acceptors (Lipinski definition) is 3. The molecule has 0 radical (unpaired) electrons. The van der Waals surface area contributed by atoms with Gasteiger partial charge in [0.1, 0.15) is 0 Å². The van der Waals surface area contributed by atoms with Crippen LogP contribution in [0.25, 0.3) is 6.08 Å². The van der Waals surface area contributed by atoms with Crippen LogP contribution in [0.2, 0.25) is 0 Å². The molecule has 0 atom stereocenters. The lowest BCUT2D eigenvalue weighted by atomic mass is 9.91. The van der Waals surface area contributed by atoms with Gasteiger partial charge in [0.15, 0.2) is 0 Å². The lowest BCUT2D eigenvalue weighted by Gasteiger charge is -1.89. The Balaban J connectivity index is 2.65. The molecule has 11 heavy (non-hydrogen) atoms. The van der Waals surface area contributed by atoms with Crippen molar-refractivity contribution in [2.45, 2.75) is 0 Å². The molecule has 0 fully saturated rings. The molecular formula is C7H8BNO2. The molecule has 0 amide bonds. The van der Waals surface area contributed by atoms with Gasteiger partial charge >= 0.3 is 7.12 Å². The third-order valence-electron chi connectivity index (χ3n) is 1.17. The zero-order valence-electron chi connectivity index (χ0n) is 5.88. The second-order valence-corrected chi connectivity index (χ2v) is 2.05. The third kappa shape index (κ3) is 2.97. The van der Waals surface area contributed by atoms with Crippen LogP contribution >= 0.6 is 0 Å². The topological polar surface area (TPSA) is 53.4 Å². The van der Waals surface area contributed by atoms with Crippen LogP contribution in [0.4, 0.5) is 0 Å². The average molecular weight is 149 g/mol. The molecule has 56 valence electrons. The first-order chi connectivity index (χ1) is 5.29. The maximum absolute atomic E-state index is 8.47. The summed E-state index contributed by atoms with van der Waals surface area (Å²) in [5, 5.41) is 16.9. The van der Waals surface area contributed by atoms with Crippen molar-refractivity contribution in [1.82, 2.24) is 4.98 Å². The van der Waals surface area contributed by atoms with E-state index in [1.54, 1.807) is 30.6 Å². The quantitative estimate of drug-likeness (QED) is 0.586. The zero-order chi connectivity index (χ0) is 8.10. The van der Waals surface area contributed by atoms with E-state index in [1.165, 1.54) is 5.98 Å². The minimum absolute atomic E-state index is 0.896. The maximum atomic E-state index is 8.47. The fourth-order valence-corrected chi connectivity index (χ4v) is 0.672. The van der Waals surface area contributed by atoms with Gasteiger partial charge in [-0.2, -0.15) is 0 Å². The highest BCUT2D eigenvalue weighted by atomic mass is 16.4. The Bertz CT molecular complexity index is 235. The van der Waals surface area contributed by atoms with E-state index in [4.69, 9.17) is 10.0 Å². The molecule has 0 unspecified atom stereocenters. The van der Waals surface area contributed by atoms with E-state index in [1.807, 2.05) is 0 Å². The van der Waals surface area contributed by atoms with Crippen molar-refractivity contribution in [3.63, 3.8) is 0 Å². The van der Waals surface area contributed by atoms with Gasteiger partial charge in [0.2, 0.25) is 0 Å². The Morgan fingerprint density at radius 3 is 2.45 bits per heavy atom. The molecular weight excluding hydrogens is 141 g/mol. The number of pyridine rings is 1. The lowest BCUT2D eigenvalue weighted by Crippen LogP contribution is -2.05. The third-order valence-corrected chi connectivity index (χ3v) is 1.17. The van der Waals surface area contributed by atoms with Gasteiger partial charge in [-0.1, -0.05) is 12.1 Å². The van der Waals surface area contributed by atoms with Crippen molar-refractivity contribution >= 4 is 13.2 Å². The summed E-state index contributed by atoms with van der Waals surface area (Å²) < 4.78 is 0. The van der Waals surface area contributed by atoms with Crippen LogP contribution in [0.15, 0.2) is 30.5 Å². The van der Waals surface area contributed by atoms with E-state index in [2.05, 4.69) is 4.98 Å². The molecule has 4 heteroatoms. The highest BCUT2D eigenvalue weighted by molar-refractivity contribution is 6.48. The molecule has 0 aliphatic heterocycles. The minimum Gasteiger partial charge on any atom is -0.424 e. The number of aromatic nitrogens is 1. The molecule has 0 aliphatic carbocycles. The standard InChI is InChI=1S/C7H8BNO2/c10-8(11)4-1-7-2-5-9-6-3-7/h1-6,10-11H/b4-1+. The number of hydrogen-bond donors (Lipinski definition) is 2. The van der Waals surface area contributed by atoms with Crippen molar-refractivity contribution in [3.05, 3.63) is 36.1 Å². The summed E-state index contributed by atoms with van der Waals surface area (Å²) in [6, 6.07) is 3.55. The number of nitrogens with zero attached hydrogens (tertiary/aromatic N) is 1. The molecule has 0 aromatic carbocycles. The fourth-order valence-electron chi connectivity index (χ4n) is 0.672. The Morgan fingerprint density at radius 1 is 1.27 bits per heavy atom. The molecule has 0 saturated heterocycles. The molecule has 1 aromatic rings. The van der Waals surface area contributed by atoms with Crippen molar-refractivity contribution in [2.24, 2.45) is 0 Å². The molecule has 0 saturated carbocycles. The second kappa shape index (κ2) is 3.90. The minimum atomic E-state index is -1.39. The average Bonchev–Trinajstić information content (AvgIpc) is 2.03. The monoisotopic (exact) mass is 149 g/mol. The van der Waals surface area contributed by atoms with Crippen LogP contribution in [-0.2, 0) is 0 Å². The molecule has 0 aliphatic rings. The van der Waals surface area contributed by atoms with Gasteiger partial charge in [-0.15, -0.1) is 0 Å². The summed E-state index contributed by atoms with van der Waals surface area (Å²) >= 11 is 0. The van der Waals surface area contributed by atoms with Gasteiger partial charge < -0.3 is 10.0 Å². The van der Waals surface area contributed by atoms with Gasteiger partial charge in [0.25, 0.3) is 0 Å². The SMILES string of the molecule is OB(O)/C=C/c1ccncc1. The first-order valence-electron chi connectivity index (χ1n) is 3.23. The van der Waals surface area contributed by atoms with E-state index in [9.17, 15) is 0 Å². The van der Waals surface area contributed by atoms with Crippen LogP contribution in [-0.4, -0.2) is 22.2 Å². The summed E-state index contributed by atoms with van der Waals surface area (Å²) in [5.41, 5.74) is 0.896. The maximum Gasteiger partial charge on any atom is 0.480 e. The first kappa shape index (κ1) is 7.98. The van der Waals surface area contributed by atoms with Crippen LogP contribution in [0.3, 0.4) is 0 Å². The number of rotatable bonds is 2. The van der Waals surface area contributed by atoms with Crippen LogP contribution < -0.4 is 0 Å². The largest absolute Gasteiger partial charge is 0.480 e. The van der Waals surface area contributed by atoms with Crippen molar-refractivity contribution in [2.75, 3.05) is 0 Å². The smallest absolute Gasteiger partial charge is 0.424 e. The van der Waals surface area contributed by atoms with E-state index in [0.29, 0.717) is 0 Å². The first-order valence-corrected chi connectivity index (χ1v) is 3.23. The molecule has 0 bridgehead atoms. The molecule has 1 aromatic heterocycles. The molecule has 3 nitrogen and oxygen atoms in total. The highest BCUT2D eigenvalue weighted by Gasteiger charge is 1.96. The lowest BCUT2D eigenvalue weighted by molar-refractivity contribution is 0.424. The Hall–Kier alpha value is -1.13. The summed E-state index contributed by atoms with van der Waals surface area (Å²) in [4.78, 5) is 3.81. The van der Waals surface area contributed by atoms with E-state index in [-0.39, 0.29) is 0 Å².